The highest BCUT2D eigenvalue weighted by Gasteiger charge is 2.35. The van der Waals surface area contributed by atoms with Gasteiger partial charge in [0.05, 0.1) is 35.8 Å². The lowest BCUT2D eigenvalue weighted by Crippen LogP contribution is -2.31. The normalized spacial score (nSPS) is 21.0. The molecule has 0 amide bonds. The van der Waals surface area contributed by atoms with E-state index in [1.165, 1.54) is 0 Å². The van der Waals surface area contributed by atoms with Gasteiger partial charge in [-0.15, -0.1) is 0 Å². The monoisotopic (exact) mass is 509 g/mol. The van der Waals surface area contributed by atoms with Crippen LogP contribution in [0.3, 0.4) is 0 Å². The summed E-state index contributed by atoms with van der Waals surface area (Å²) < 4.78 is 5.69. The van der Waals surface area contributed by atoms with Crippen molar-refractivity contribution in [3.8, 4) is 17.0 Å². The molecule has 3 N–H and O–H groups in total. The summed E-state index contributed by atoms with van der Waals surface area (Å²) in [5, 5.41) is 17.1. The van der Waals surface area contributed by atoms with E-state index in [1.807, 2.05) is 31.2 Å². The van der Waals surface area contributed by atoms with Gasteiger partial charge in [0, 0.05) is 60.7 Å². The van der Waals surface area contributed by atoms with Crippen molar-refractivity contribution in [3.05, 3.63) is 47.2 Å². The number of rotatable bonds is 7. The van der Waals surface area contributed by atoms with Crippen LogP contribution in [-0.4, -0.2) is 78.4 Å². The van der Waals surface area contributed by atoms with Crippen molar-refractivity contribution in [2.45, 2.75) is 24.8 Å². The number of nitrogens with zero attached hydrogens (tertiary/aromatic N) is 5. The van der Waals surface area contributed by atoms with E-state index >= 15 is 0 Å². The molecule has 3 aromatic rings. The average molecular weight is 510 g/mol. The van der Waals surface area contributed by atoms with Crippen molar-refractivity contribution in [2.24, 2.45) is 0 Å². The van der Waals surface area contributed by atoms with E-state index in [0.29, 0.717) is 35.0 Å². The molecule has 0 radical (unpaired) electrons. The maximum atomic E-state index is 9.91. The lowest BCUT2D eigenvalue weighted by atomic mass is 9.85. The molecule has 0 saturated carbocycles. The predicted molar refractivity (Wildman–Crippen MR) is 144 cm³/mol. The molecule has 1 fully saturated rings. The Morgan fingerprint density at radius 1 is 1.31 bits per heavy atom. The zero-order valence-electron chi connectivity index (χ0n) is 21.0. The minimum atomic E-state index is -0.375. The van der Waals surface area contributed by atoms with Gasteiger partial charge in [0.1, 0.15) is 11.6 Å². The Hall–Kier alpha value is -3.14. The summed E-state index contributed by atoms with van der Waals surface area (Å²) in [4.78, 5) is 18.2. The van der Waals surface area contributed by atoms with Gasteiger partial charge in [-0.1, -0.05) is 18.5 Å². The summed E-state index contributed by atoms with van der Waals surface area (Å²) >= 11 is 6.73. The van der Waals surface area contributed by atoms with Gasteiger partial charge in [0.2, 0.25) is 5.95 Å². The summed E-state index contributed by atoms with van der Waals surface area (Å²) in [5.74, 6) is 1.89. The van der Waals surface area contributed by atoms with Gasteiger partial charge >= 0.3 is 0 Å². The second-order valence-corrected chi connectivity index (χ2v) is 10.3. The van der Waals surface area contributed by atoms with E-state index in [1.54, 1.807) is 19.5 Å². The van der Waals surface area contributed by atoms with E-state index in [-0.39, 0.29) is 12.0 Å². The summed E-state index contributed by atoms with van der Waals surface area (Å²) in [6.45, 7) is 4.58. The molecule has 2 aliphatic heterocycles. The van der Waals surface area contributed by atoms with Crippen LogP contribution >= 0.6 is 11.6 Å². The van der Waals surface area contributed by atoms with Crippen LogP contribution in [0.1, 0.15) is 18.9 Å². The maximum Gasteiger partial charge on any atom is 0.227 e. The van der Waals surface area contributed by atoms with Gasteiger partial charge in [-0.05, 0) is 38.7 Å². The maximum absolute atomic E-state index is 9.91. The largest absolute Gasteiger partial charge is 0.494 e. The minimum Gasteiger partial charge on any atom is -0.494 e. The fourth-order valence-corrected chi connectivity index (χ4v) is 5.14. The van der Waals surface area contributed by atoms with Gasteiger partial charge in [-0.3, -0.25) is 0 Å². The number of fused-ring (bicyclic) bond motifs is 1. The molecule has 4 heterocycles. The van der Waals surface area contributed by atoms with Crippen LogP contribution in [0.15, 0.2) is 36.7 Å². The Labute approximate surface area is 216 Å². The van der Waals surface area contributed by atoms with Crippen LogP contribution in [0, 0.1) is 0 Å². The summed E-state index contributed by atoms with van der Waals surface area (Å²) in [6.07, 6.45) is 4.58. The van der Waals surface area contributed by atoms with Gasteiger partial charge in [-0.2, -0.15) is 0 Å². The number of aliphatic hydroxyl groups is 1. The molecule has 2 aliphatic rings. The SMILES string of the molecule is COc1cc(N2CCC(N(C)C)C2)c(Cl)cc1Nc1nccc(-c2cnc3c(c2)C(C)(CO)CN3)n1. The first-order chi connectivity index (χ1) is 17.3. The number of benzene rings is 1. The number of methoxy groups -OCH3 is 1. The smallest absolute Gasteiger partial charge is 0.227 e. The van der Waals surface area contributed by atoms with E-state index < -0.39 is 0 Å². The van der Waals surface area contributed by atoms with Gasteiger partial charge < -0.3 is 30.3 Å². The standard InChI is InChI=1S/C26H32ClN7O2/c1-26(15-35)14-30-24-18(26)9-16(12-29-24)20-5-7-28-25(31-20)32-21-10-19(27)22(11-23(21)36-4)34-8-6-17(13-34)33(2)3/h5,7,9-12,17,35H,6,8,13-15H2,1-4H3,(H,29,30)(H,28,31,32). The molecule has 1 saturated heterocycles. The summed E-state index contributed by atoms with van der Waals surface area (Å²) in [6, 6.07) is 8.22. The molecule has 2 unspecified atom stereocenters. The van der Waals surface area contributed by atoms with E-state index in [2.05, 4.69) is 44.5 Å². The van der Waals surface area contributed by atoms with Crippen molar-refractivity contribution < 1.29 is 9.84 Å². The highest BCUT2D eigenvalue weighted by Crippen LogP contribution is 2.40. The number of ether oxygens (including phenoxy) is 1. The molecular weight excluding hydrogens is 478 g/mol. The van der Waals surface area contributed by atoms with Crippen LogP contribution in [0.4, 0.5) is 23.1 Å². The quantitative estimate of drug-likeness (QED) is 0.439. The molecule has 190 valence electrons. The Kier molecular flexibility index (Phi) is 6.63. The van der Waals surface area contributed by atoms with E-state index in [4.69, 9.17) is 21.3 Å². The number of hydrogen-bond donors (Lipinski definition) is 3. The molecular formula is C26H32ClN7O2. The van der Waals surface area contributed by atoms with Crippen LogP contribution in [0.25, 0.3) is 11.3 Å². The van der Waals surface area contributed by atoms with Crippen LogP contribution in [0.2, 0.25) is 5.02 Å². The van der Waals surface area contributed by atoms with Gasteiger partial charge in [0.15, 0.2) is 0 Å². The van der Waals surface area contributed by atoms with Crippen LogP contribution in [0.5, 0.6) is 5.75 Å². The number of anilines is 4. The summed E-state index contributed by atoms with van der Waals surface area (Å²) in [5.41, 5.74) is 3.84. The Morgan fingerprint density at radius 3 is 2.86 bits per heavy atom. The fourth-order valence-electron chi connectivity index (χ4n) is 4.85. The molecule has 0 aliphatic carbocycles. The van der Waals surface area contributed by atoms with Crippen molar-refractivity contribution in [1.29, 1.82) is 0 Å². The zero-order valence-corrected chi connectivity index (χ0v) is 21.8. The third-order valence-corrected chi connectivity index (χ3v) is 7.54. The number of nitrogens with one attached hydrogen (secondary N) is 2. The Bertz CT molecular complexity index is 1270. The van der Waals surface area contributed by atoms with E-state index in [9.17, 15) is 5.11 Å². The molecule has 1 aromatic carbocycles. The second-order valence-electron chi connectivity index (χ2n) is 9.94. The fraction of sp³-hybridized carbons (Fsp3) is 0.423. The lowest BCUT2D eigenvalue weighted by Gasteiger charge is -2.24. The highest BCUT2D eigenvalue weighted by atomic mass is 35.5. The van der Waals surface area contributed by atoms with Gasteiger partial charge in [0.25, 0.3) is 0 Å². The minimum absolute atomic E-state index is 0.0402. The molecule has 0 bridgehead atoms. The number of hydrogen-bond acceptors (Lipinski definition) is 9. The third kappa shape index (κ3) is 4.54. The second kappa shape index (κ2) is 9.72. The number of pyridine rings is 1. The third-order valence-electron chi connectivity index (χ3n) is 7.23. The first-order valence-corrected chi connectivity index (χ1v) is 12.4. The predicted octanol–water partition coefficient (Wildman–Crippen LogP) is 3.76. The number of halogens is 1. The first kappa shape index (κ1) is 24.5. The van der Waals surface area contributed by atoms with Gasteiger partial charge in [-0.25, -0.2) is 15.0 Å². The number of aliphatic hydroxyl groups excluding tert-OH is 1. The molecule has 2 aromatic heterocycles. The van der Waals surface area contributed by atoms with E-state index in [0.717, 1.165) is 47.8 Å². The topological polar surface area (TPSA) is 98.7 Å². The van der Waals surface area contributed by atoms with Crippen molar-refractivity contribution in [3.63, 3.8) is 0 Å². The Balaban J connectivity index is 1.40. The highest BCUT2D eigenvalue weighted by molar-refractivity contribution is 6.33. The molecule has 9 nitrogen and oxygen atoms in total. The van der Waals surface area contributed by atoms with Crippen LogP contribution in [-0.2, 0) is 5.41 Å². The molecule has 0 spiro atoms. The van der Waals surface area contributed by atoms with Crippen molar-refractivity contribution >= 4 is 34.7 Å². The van der Waals surface area contributed by atoms with Crippen LogP contribution < -0.4 is 20.3 Å². The first-order valence-electron chi connectivity index (χ1n) is 12.1. The number of aromatic nitrogens is 3. The molecule has 10 heteroatoms. The lowest BCUT2D eigenvalue weighted by molar-refractivity contribution is 0.218. The van der Waals surface area contributed by atoms with Crippen molar-refractivity contribution in [1.82, 2.24) is 19.9 Å². The average Bonchev–Trinajstić information content (AvgIpc) is 3.50. The Morgan fingerprint density at radius 2 is 2.14 bits per heavy atom. The van der Waals surface area contributed by atoms with Crippen molar-refractivity contribution in [2.75, 3.05) is 63.0 Å². The molecule has 36 heavy (non-hydrogen) atoms. The molecule has 2 atom stereocenters. The molecule has 5 rings (SSSR count). The summed E-state index contributed by atoms with van der Waals surface area (Å²) in [7, 11) is 5.86. The zero-order chi connectivity index (χ0) is 25.4. The number of likely N-dealkylation sites (N-methyl/N-ethyl adjacent to an activating group) is 1.